The summed E-state index contributed by atoms with van der Waals surface area (Å²) in [5, 5.41) is 3.63. The second-order valence-electron chi connectivity index (χ2n) is 6.35. The largest absolute Gasteiger partial charge is 0.493 e. The summed E-state index contributed by atoms with van der Waals surface area (Å²) in [6.07, 6.45) is 0.958. The van der Waals surface area contributed by atoms with Gasteiger partial charge in [0.2, 0.25) is 5.91 Å². The fraction of sp³-hybridized carbons (Fsp3) is 0.421. The molecule has 1 aliphatic heterocycles. The number of aromatic nitrogens is 2. The summed E-state index contributed by atoms with van der Waals surface area (Å²) < 4.78 is 12.1. The number of ether oxygens (including phenoxy) is 2. The van der Waals surface area contributed by atoms with Crippen LogP contribution in [0.2, 0.25) is 0 Å². The molecule has 1 aromatic heterocycles. The quantitative estimate of drug-likeness (QED) is 0.729. The number of hydrogen-bond acceptors (Lipinski definition) is 6. The van der Waals surface area contributed by atoms with E-state index in [1.807, 2.05) is 18.2 Å². The van der Waals surface area contributed by atoms with E-state index in [-0.39, 0.29) is 23.9 Å². The Morgan fingerprint density at radius 3 is 2.81 bits per heavy atom. The lowest BCUT2D eigenvalue weighted by molar-refractivity contribution is -0.121. The summed E-state index contributed by atoms with van der Waals surface area (Å²) in [6, 6.07) is 7.07. The third-order valence-electron chi connectivity index (χ3n) is 4.42. The van der Waals surface area contributed by atoms with Gasteiger partial charge in [-0.25, -0.2) is 4.98 Å². The fourth-order valence-electron chi connectivity index (χ4n) is 3.08. The molecule has 27 heavy (non-hydrogen) atoms. The van der Waals surface area contributed by atoms with Gasteiger partial charge in [-0.15, -0.1) is 0 Å². The van der Waals surface area contributed by atoms with Gasteiger partial charge in [-0.05, 0) is 31.0 Å². The topological polar surface area (TPSA) is 82.5 Å². The highest BCUT2D eigenvalue weighted by Crippen LogP contribution is 2.32. The van der Waals surface area contributed by atoms with Crippen molar-refractivity contribution in [2.45, 2.75) is 31.0 Å². The molecule has 0 radical (unpaired) electrons. The Morgan fingerprint density at radius 2 is 2.07 bits per heavy atom. The van der Waals surface area contributed by atoms with Crippen molar-refractivity contribution in [1.82, 2.24) is 14.9 Å². The van der Waals surface area contributed by atoms with E-state index >= 15 is 0 Å². The van der Waals surface area contributed by atoms with Crippen LogP contribution in [0.15, 0.2) is 34.2 Å². The molecule has 0 aliphatic carbocycles. The first-order valence-corrected chi connectivity index (χ1v) is 9.71. The van der Waals surface area contributed by atoms with Crippen molar-refractivity contribution in [1.29, 1.82) is 0 Å². The summed E-state index contributed by atoms with van der Waals surface area (Å²) in [5.74, 6) is 1.97. The van der Waals surface area contributed by atoms with Gasteiger partial charge in [0.05, 0.1) is 20.3 Å². The zero-order valence-corrected chi connectivity index (χ0v) is 16.5. The minimum absolute atomic E-state index is 0.0681. The average molecular weight is 389 g/mol. The second kappa shape index (κ2) is 8.47. The van der Waals surface area contributed by atoms with Crippen LogP contribution < -0.4 is 20.3 Å². The summed E-state index contributed by atoms with van der Waals surface area (Å²) in [4.78, 5) is 28.9. The van der Waals surface area contributed by atoms with Gasteiger partial charge in [0.1, 0.15) is 0 Å². The number of thioether (sulfide) groups is 1. The van der Waals surface area contributed by atoms with Gasteiger partial charge in [-0.3, -0.25) is 14.2 Å². The van der Waals surface area contributed by atoms with Crippen molar-refractivity contribution in [3.8, 4) is 11.5 Å². The van der Waals surface area contributed by atoms with E-state index in [1.165, 1.54) is 17.8 Å². The predicted molar refractivity (Wildman–Crippen MR) is 104 cm³/mol. The number of methoxy groups -OCH3 is 2. The van der Waals surface area contributed by atoms with Crippen LogP contribution in [0.25, 0.3) is 0 Å². The lowest BCUT2D eigenvalue weighted by Crippen LogP contribution is -2.31. The molecule has 1 atom stereocenters. The van der Waals surface area contributed by atoms with E-state index in [2.05, 4.69) is 10.3 Å². The molecular formula is C19H23N3O4S. The van der Waals surface area contributed by atoms with Crippen molar-refractivity contribution < 1.29 is 14.3 Å². The molecule has 2 aromatic rings. The van der Waals surface area contributed by atoms with Crippen LogP contribution in [-0.2, 0) is 11.2 Å². The Labute approximate surface area is 162 Å². The summed E-state index contributed by atoms with van der Waals surface area (Å²) in [5.41, 5.74) is 1.66. The number of hydrogen-bond donors (Lipinski definition) is 1. The van der Waals surface area contributed by atoms with E-state index in [0.29, 0.717) is 41.1 Å². The van der Waals surface area contributed by atoms with E-state index in [1.54, 1.807) is 25.7 Å². The Morgan fingerprint density at radius 1 is 1.30 bits per heavy atom. The molecule has 144 valence electrons. The number of carbonyl (C=O) groups is 1. The molecule has 0 saturated carbocycles. The normalized spacial score (nSPS) is 15.3. The van der Waals surface area contributed by atoms with Crippen LogP contribution in [0.4, 0.5) is 0 Å². The van der Waals surface area contributed by atoms with E-state index in [9.17, 15) is 9.59 Å². The van der Waals surface area contributed by atoms with Crippen molar-refractivity contribution >= 4 is 17.7 Å². The lowest BCUT2D eigenvalue weighted by Gasteiger charge is -2.13. The van der Waals surface area contributed by atoms with E-state index in [0.717, 1.165) is 5.56 Å². The molecule has 1 aromatic carbocycles. The van der Waals surface area contributed by atoms with Gasteiger partial charge in [0.15, 0.2) is 16.7 Å². The van der Waals surface area contributed by atoms with Gasteiger partial charge in [0, 0.05) is 30.5 Å². The molecule has 1 aliphatic rings. The van der Waals surface area contributed by atoms with Gasteiger partial charge < -0.3 is 14.8 Å². The molecule has 3 rings (SSSR count). The van der Waals surface area contributed by atoms with Gasteiger partial charge in [0.25, 0.3) is 5.56 Å². The number of fused-ring (bicyclic) bond motifs is 1. The number of nitrogens with one attached hydrogen (secondary N) is 1. The smallest absolute Gasteiger partial charge is 0.254 e. The average Bonchev–Trinajstić information content (AvgIpc) is 3.04. The van der Waals surface area contributed by atoms with Crippen LogP contribution in [0.5, 0.6) is 11.5 Å². The number of amides is 1. The predicted octanol–water partition coefficient (Wildman–Crippen LogP) is 1.96. The molecule has 8 heteroatoms. The van der Waals surface area contributed by atoms with E-state index in [4.69, 9.17) is 9.47 Å². The van der Waals surface area contributed by atoms with Gasteiger partial charge in [-0.1, -0.05) is 17.8 Å². The summed E-state index contributed by atoms with van der Waals surface area (Å²) >= 11 is 1.52. The minimum atomic E-state index is -0.147. The number of aryl methyl sites for hydroxylation is 1. The molecule has 0 fully saturated rings. The Bertz CT molecular complexity index is 897. The second-order valence-corrected chi connectivity index (χ2v) is 7.33. The number of nitrogens with zero attached hydrogens (tertiary/aromatic N) is 2. The zero-order chi connectivity index (χ0) is 19.4. The number of benzene rings is 1. The molecule has 2 heterocycles. The molecule has 0 bridgehead atoms. The Hall–Kier alpha value is -2.48. The molecule has 7 nitrogen and oxygen atoms in total. The van der Waals surface area contributed by atoms with Crippen LogP contribution >= 0.6 is 11.8 Å². The Kier molecular flexibility index (Phi) is 6.05. The van der Waals surface area contributed by atoms with Crippen molar-refractivity contribution in [2.24, 2.45) is 0 Å². The van der Waals surface area contributed by atoms with Gasteiger partial charge in [-0.2, -0.15) is 0 Å². The molecule has 0 saturated heterocycles. The minimum Gasteiger partial charge on any atom is -0.493 e. The SMILES string of the molecule is COc1ccc(CCNC(=O)CC2CSc3nc(C)cc(=O)n32)cc1OC. The molecule has 0 spiro atoms. The maximum absolute atomic E-state index is 12.3. The third kappa shape index (κ3) is 4.44. The zero-order valence-electron chi connectivity index (χ0n) is 15.7. The first-order valence-electron chi connectivity index (χ1n) is 8.72. The van der Waals surface area contributed by atoms with Crippen molar-refractivity contribution in [2.75, 3.05) is 26.5 Å². The van der Waals surface area contributed by atoms with E-state index < -0.39 is 0 Å². The van der Waals surface area contributed by atoms with Crippen molar-refractivity contribution in [3.63, 3.8) is 0 Å². The number of carbonyl (C=O) groups excluding carboxylic acids is 1. The van der Waals surface area contributed by atoms with Crippen LogP contribution in [-0.4, -0.2) is 42.0 Å². The summed E-state index contributed by atoms with van der Waals surface area (Å²) in [7, 11) is 3.19. The standard InChI is InChI=1S/C19H23N3O4S/c1-12-8-18(24)22-14(11-27-19(22)21-12)10-17(23)20-7-6-13-4-5-15(25-2)16(9-13)26-3/h4-5,8-9,14H,6-7,10-11H2,1-3H3,(H,20,23). The monoisotopic (exact) mass is 389 g/mol. The highest BCUT2D eigenvalue weighted by Gasteiger charge is 2.27. The molecule has 1 unspecified atom stereocenters. The fourth-order valence-corrected chi connectivity index (χ4v) is 4.28. The van der Waals surface area contributed by atoms with Crippen LogP contribution in [0.1, 0.15) is 23.7 Å². The highest BCUT2D eigenvalue weighted by molar-refractivity contribution is 7.99. The summed E-state index contributed by atoms with van der Waals surface area (Å²) in [6.45, 7) is 2.32. The first kappa shape index (κ1) is 19.3. The number of rotatable bonds is 7. The maximum atomic E-state index is 12.3. The molecule has 1 amide bonds. The Balaban J connectivity index is 1.54. The van der Waals surface area contributed by atoms with Gasteiger partial charge >= 0.3 is 0 Å². The van der Waals surface area contributed by atoms with Crippen LogP contribution in [0.3, 0.4) is 0 Å². The third-order valence-corrected chi connectivity index (χ3v) is 5.52. The van der Waals surface area contributed by atoms with Crippen molar-refractivity contribution in [3.05, 3.63) is 45.9 Å². The van der Waals surface area contributed by atoms with Crippen LogP contribution in [0, 0.1) is 6.92 Å². The molecule has 1 N–H and O–H groups in total. The lowest BCUT2D eigenvalue weighted by atomic mass is 10.1. The maximum Gasteiger partial charge on any atom is 0.254 e. The highest BCUT2D eigenvalue weighted by atomic mass is 32.2. The first-order chi connectivity index (χ1) is 13.0. The molecular weight excluding hydrogens is 366 g/mol.